The molecule has 0 bridgehead atoms. The zero-order valence-corrected chi connectivity index (χ0v) is 17.3. The lowest BCUT2D eigenvalue weighted by atomic mass is 10.0. The molecule has 1 amide bonds. The molecule has 0 radical (unpaired) electrons. The van der Waals surface area contributed by atoms with Crippen molar-refractivity contribution in [1.82, 2.24) is 9.80 Å². The van der Waals surface area contributed by atoms with Gasteiger partial charge in [0.15, 0.2) is 11.6 Å². The number of rotatable bonds is 5. The average Bonchev–Trinajstić information content (AvgIpc) is 2.70. The maximum atomic E-state index is 14.2. The molecule has 1 heterocycles. The van der Waals surface area contributed by atoms with Crippen LogP contribution in [0, 0.1) is 17.5 Å². The molecular formula is C20H22F3N3O3S. The number of hydrogen-bond acceptors (Lipinski definition) is 3. The fourth-order valence-electron chi connectivity index (χ4n) is 3.70. The van der Waals surface area contributed by atoms with E-state index in [9.17, 15) is 22.2 Å². The summed E-state index contributed by atoms with van der Waals surface area (Å²) in [6.45, 7) is 4.52. The number of carbonyl (C=O) groups is 1. The number of halogens is 3. The van der Waals surface area contributed by atoms with Crippen molar-refractivity contribution >= 4 is 22.9 Å². The van der Waals surface area contributed by atoms with Gasteiger partial charge < -0.3 is 4.90 Å². The summed E-state index contributed by atoms with van der Waals surface area (Å²) in [7, 11) is 0. The summed E-state index contributed by atoms with van der Waals surface area (Å²) in [6.07, 6.45) is 0. The van der Waals surface area contributed by atoms with E-state index in [1.165, 1.54) is 12.1 Å². The van der Waals surface area contributed by atoms with Crippen LogP contribution in [0.3, 0.4) is 0 Å². The van der Waals surface area contributed by atoms with Gasteiger partial charge in [-0.15, -0.1) is 0 Å². The quantitative estimate of drug-likeness (QED) is 0.550. The summed E-state index contributed by atoms with van der Waals surface area (Å²) >= 11 is -2.20. The molecule has 2 aromatic carbocycles. The molecule has 6 nitrogen and oxygen atoms in total. The minimum absolute atomic E-state index is 0.213. The van der Waals surface area contributed by atoms with Gasteiger partial charge in [0.1, 0.15) is 5.82 Å². The lowest BCUT2D eigenvalue weighted by Gasteiger charge is -2.42. The first-order valence-electron chi connectivity index (χ1n) is 9.35. The number of carbonyl (C=O) groups excluding carboxylic acids is 1. The maximum absolute atomic E-state index is 14.2. The molecule has 0 spiro atoms. The molecule has 30 heavy (non-hydrogen) atoms. The number of amides is 1. The molecule has 2 aromatic rings. The van der Waals surface area contributed by atoms with Crippen LogP contribution in [0.25, 0.3) is 0 Å². The third-order valence-electron chi connectivity index (χ3n) is 5.30. The predicted molar refractivity (Wildman–Crippen MR) is 108 cm³/mol. The Balaban J connectivity index is 1.70. The predicted octanol–water partition coefficient (Wildman–Crippen LogP) is 3.56. The fraction of sp³-hybridized carbons (Fsp3) is 0.350. The lowest BCUT2D eigenvalue weighted by Crippen LogP contribution is -2.54. The highest BCUT2D eigenvalue weighted by atomic mass is 32.2. The van der Waals surface area contributed by atoms with Gasteiger partial charge in [0.25, 0.3) is 17.2 Å². The molecule has 0 aliphatic carbocycles. The van der Waals surface area contributed by atoms with Crippen molar-refractivity contribution in [3.63, 3.8) is 0 Å². The summed E-state index contributed by atoms with van der Waals surface area (Å²) in [5, 5.41) is 0. The zero-order valence-electron chi connectivity index (χ0n) is 16.4. The largest absolute Gasteiger partial charge is 0.333 e. The highest BCUT2D eigenvalue weighted by Gasteiger charge is 2.32. The molecule has 1 aliphatic rings. The number of benzene rings is 2. The van der Waals surface area contributed by atoms with Gasteiger partial charge in [-0.1, -0.05) is 0 Å². The van der Waals surface area contributed by atoms with E-state index in [0.717, 1.165) is 12.1 Å². The van der Waals surface area contributed by atoms with Crippen molar-refractivity contribution in [1.29, 1.82) is 0 Å². The SMILES string of the molecule is CC(c1c(F)ccc(F)c1F)N1CCN(C(=O)c2ccc(NS(=O)O)cc2)C(C)C1. The van der Waals surface area contributed by atoms with Crippen molar-refractivity contribution in [3.05, 3.63) is 65.0 Å². The van der Waals surface area contributed by atoms with Crippen molar-refractivity contribution in [3.8, 4) is 0 Å². The molecule has 1 aliphatic heterocycles. The lowest BCUT2D eigenvalue weighted by molar-refractivity contribution is 0.0397. The van der Waals surface area contributed by atoms with Crippen molar-refractivity contribution in [2.24, 2.45) is 0 Å². The summed E-state index contributed by atoms with van der Waals surface area (Å²) in [4.78, 5) is 16.3. The van der Waals surface area contributed by atoms with Gasteiger partial charge in [-0.05, 0) is 50.2 Å². The summed E-state index contributed by atoms with van der Waals surface area (Å²) in [5.74, 6) is -3.30. The first-order valence-corrected chi connectivity index (χ1v) is 10.5. The van der Waals surface area contributed by atoms with Gasteiger partial charge in [-0.25, -0.2) is 17.4 Å². The summed E-state index contributed by atoms with van der Waals surface area (Å²) in [6, 6.07) is 6.91. The molecule has 3 unspecified atom stereocenters. The standard InChI is InChI=1S/C20H22F3N3O3S/c1-12-11-25(13(2)18-16(21)7-8-17(22)19(18)23)9-10-26(12)20(27)14-3-5-15(6-4-14)24-30(28)29/h3-8,12-13,24H,9-11H2,1-2H3,(H,28,29). The Kier molecular flexibility index (Phi) is 6.79. The van der Waals surface area contributed by atoms with Crippen LogP contribution in [0.5, 0.6) is 0 Å². The first kappa shape index (κ1) is 22.3. The molecule has 2 N–H and O–H groups in total. The average molecular weight is 441 g/mol. The third kappa shape index (κ3) is 4.66. The van der Waals surface area contributed by atoms with E-state index < -0.39 is 34.8 Å². The maximum Gasteiger partial charge on any atom is 0.259 e. The van der Waals surface area contributed by atoms with E-state index in [2.05, 4.69) is 4.72 Å². The van der Waals surface area contributed by atoms with Crippen LogP contribution in [-0.4, -0.2) is 50.1 Å². The van der Waals surface area contributed by atoms with Crippen LogP contribution in [-0.2, 0) is 11.3 Å². The monoisotopic (exact) mass is 441 g/mol. The minimum Gasteiger partial charge on any atom is -0.333 e. The van der Waals surface area contributed by atoms with Gasteiger partial charge >= 0.3 is 0 Å². The van der Waals surface area contributed by atoms with Crippen LogP contribution in [0.4, 0.5) is 18.9 Å². The smallest absolute Gasteiger partial charge is 0.259 e. The molecule has 0 saturated carbocycles. The first-order chi connectivity index (χ1) is 14.2. The Morgan fingerprint density at radius 1 is 1.13 bits per heavy atom. The van der Waals surface area contributed by atoms with Gasteiger partial charge in [0.05, 0.1) is 0 Å². The normalized spacial score (nSPS) is 19.4. The minimum atomic E-state index is -2.20. The number of nitrogens with zero attached hydrogens (tertiary/aromatic N) is 2. The Morgan fingerprint density at radius 2 is 1.77 bits per heavy atom. The summed E-state index contributed by atoms with van der Waals surface area (Å²) < 4.78 is 63.8. The second-order valence-corrected chi connectivity index (χ2v) is 7.91. The second kappa shape index (κ2) is 9.15. The van der Waals surface area contributed by atoms with Crippen LogP contribution < -0.4 is 4.72 Å². The van der Waals surface area contributed by atoms with E-state index in [1.54, 1.807) is 24.0 Å². The highest BCUT2D eigenvalue weighted by molar-refractivity contribution is 7.80. The molecule has 162 valence electrons. The van der Waals surface area contributed by atoms with E-state index in [0.29, 0.717) is 30.9 Å². The number of piperazine rings is 1. The molecular weight excluding hydrogens is 419 g/mol. The molecule has 1 saturated heterocycles. The van der Waals surface area contributed by atoms with Gasteiger partial charge in [0.2, 0.25) is 0 Å². The van der Waals surface area contributed by atoms with E-state index >= 15 is 0 Å². The summed E-state index contributed by atoms with van der Waals surface area (Å²) in [5.41, 5.74) is 0.504. The Hall–Kier alpha value is -2.43. The molecule has 0 aromatic heterocycles. The number of hydrogen-bond donors (Lipinski definition) is 2. The molecule has 3 atom stereocenters. The van der Waals surface area contributed by atoms with Gasteiger partial charge in [-0.3, -0.25) is 19.0 Å². The van der Waals surface area contributed by atoms with Crippen molar-refractivity contribution in [2.45, 2.75) is 25.9 Å². The van der Waals surface area contributed by atoms with Crippen LogP contribution in [0.1, 0.15) is 35.8 Å². The zero-order chi connectivity index (χ0) is 22.0. The Bertz CT molecular complexity index is 958. The van der Waals surface area contributed by atoms with E-state index in [4.69, 9.17) is 4.55 Å². The van der Waals surface area contributed by atoms with Crippen LogP contribution in [0.15, 0.2) is 36.4 Å². The number of anilines is 1. The van der Waals surface area contributed by atoms with Crippen molar-refractivity contribution < 1.29 is 26.7 Å². The Labute approximate surface area is 175 Å². The number of nitrogens with one attached hydrogen (secondary N) is 1. The van der Waals surface area contributed by atoms with Gasteiger partial charge in [0, 0.05) is 48.5 Å². The van der Waals surface area contributed by atoms with E-state index in [1.807, 2.05) is 11.8 Å². The third-order valence-corrected chi connectivity index (χ3v) is 5.71. The highest BCUT2D eigenvalue weighted by Crippen LogP contribution is 2.29. The second-order valence-electron chi connectivity index (χ2n) is 7.20. The molecule has 3 rings (SSSR count). The fourth-order valence-corrected chi connectivity index (χ4v) is 4.03. The van der Waals surface area contributed by atoms with Gasteiger partial charge in [-0.2, -0.15) is 0 Å². The van der Waals surface area contributed by atoms with Crippen LogP contribution >= 0.6 is 0 Å². The Morgan fingerprint density at radius 3 is 2.37 bits per heavy atom. The van der Waals surface area contributed by atoms with E-state index in [-0.39, 0.29) is 17.5 Å². The topological polar surface area (TPSA) is 72.9 Å². The van der Waals surface area contributed by atoms with Crippen molar-refractivity contribution in [2.75, 3.05) is 24.4 Å². The molecule has 1 fully saturated rings. The van der Waals surface area contributed by atoms with Crippen LogP contribution in [0.2, 0.25) is 0 Å². The molecule has 10 heteroatoms.